The van der Waals surface area contributed by atoms with Crippen molar-refractivity contribution in [3.63, 3.8) is 0 Å². The first-order valence-corrected chi connectivity index (χ1v) is 8.44. The number of thioether (sulfide) groups is 1. The second-order valence-electron chi connectivity index (χ2n) is 4.67. The summed E-state index contributed by atoms with van der Waals surface area (Å²) in [5.74, 6) is 0.922. The molecule has 1 atom stereocenters. The minimum Gasteiger partial charge on any atom is -0.337 e. The summed E-state index contributed by atoms with van der Waals surface area (Å²) in [6.45, 7) is 5.96. The van der Waals surface area contributed by atoms with Gasteiger partial charge in [0, 0.05) is 24.0 Å². The molecule has 1 unspecified atom stereocenters. The van der Waals surface area contributed by atoms with Gasteiger partial charge in [-0.05, 0) is 43.8 Å². The molecule has 1 aromatic carbocycles. The maximum absolute atomic E-state index is 11.7. The molecular weight excluding hydrogens is 270 g/mol. The molecule has 0 aromatic heterocycles. The highest BCUT2D eigenvalue weighted by atomic mass is 32.2. The summed E-state index contributed by atoms with van der Waals surface area (Å²) in [6.07, 6.45) is 3.13. The number of rotatable bonds is 8. The topological polar surface area (TPSA) is 53.2 Å². The third-order valence-corrected chi connectivity index (χ3v) is 3.55. The van der Waals surface area contributed by atoms with Gasteiger partial charge in [0.1, 0.15) is 0 Å². The number of carbonyl (C=O) groups is 1. The molecule has 20 heavy (non-hydrogen) atoms. The summed E-state index contributed by atoms with van der Waals surface area (Å²) in [7, 11) is 0. The fourth-order valence-corrected chi connectivity index (χ4v) is 2.11. The predicted molar refractivity (Wildman–Crippen MR) is 88.6 cm³/mol. The summed E-state index contributed by atoms with van der Waals surface area (Å²) in [5.41, 5.74) is 2.01. The van der Waals surface area contributed by atoms with Crippen LogP contribution in [0.15, 0.2) is 24.3 Å². The van der Waals surface area contributed by atoms with Crippen molar-refractivity contribution < 1.29 is 4.79 Å². The van der Waals surface area contributed by atoms with Crippen molar-refractivity contribution in [3.8, 4) is 0 Å². The number of nitrogens with one attached hydrogen (secondary N) is 3. The lowest BCUT2D eigenvalue weighted by atomic mass is 10.1. The van der Waals surface area contributed by atoms with E-state index < -0.39 is 0 Å². The van der Waals surface area contributed by atoms with E-state index in [1.807, 2.05) is 24.5 Å². The highest BCUT2D eigenvalue weighted by Crippen LogP contribution is 2.17. The molecule has 4 nitrogen and oxygen atoms in total. The maximum atomic E-state index is 11.7. The fourth-order valence-electron chi connectivity index (χ4n) is 1.81. The van der Waals surface area contributed by atoms with Gasteiger partial charge in [-0.3, -0.25) is 0 Å². The first-order valence-electron chi connectivity index (χ1n) is 7.04. The van der Waals surface area contributed by atoms with E-state index >= 15 is 0 Å². The standard InChI is InChI=1S/C15H25N3OS/c1-4-8-16-12(2)13-6-5-7-14(11-13)18-15(19)17-9-10-20-3/h5-7,11-12,16H,4,8-10H2,1-3H3,(H2,17,18,19). The van der Waals surface area contributed by atoms with Crippen molar-refractivity contribution in [2.45, 2.75) is 26.3 Å². The summed E-state index contributed by atoms with van der Waals surface area (Å²) < 4.78 is 0. The molecule has 0 heterocycles. The lowest BCUT2D eigenvalue weighted by Gasteiger charge is -2.15. The average Bonchev–Trinajstić information content (AvgIpc) is 2.45. The quantitative estimate of drug-likeness (QED) is 0.645. The largest absolute Gasteiger partial charge is 0.337 e. The Balaban J connectivity index is 2.52. The van der Waals surface area contributed by atoms with Crippen molar-refractivity contribution >= 4 is 23.5 Å². The number of amides is 2. The van der Waals surface area contributed by atoms with Crippen molar-refractivity contribution in [2.75, 3.05) is 30.4 Å². The highest BCUT2D eigenvalue weighted by Gasteiger charge is 2.06. The van der Waals surface area contributed by atoms with Crippen LogP contribution in [0.3, 0.4) is 0 Å². The molecule has 0 aliphatic rings. The van der Waals surface area contributed by atoms with E-state index in [-0.39, 0.29) is 12.1 Å². The Morgan fingerprint density at radius 2 is 2.15 bits per heavy atom. The molecule has 0 bridgehead atoms. The lowest BCUT2D eigenvalue weighted by molar-refractivity contribution is 0.252. The molecule has 1 rings (SSSR count). The second kappa shape index (κ2) is 9.66. The molecule has 0 aliphatic carbocycles. The zero-order valence-electron chi connectivity index (χ0n) is 12.5. The van der Waals surface area contributed by atoms with Crippen LogP contribution < -0.4 is 16.0 Å². The first kappa shape index (κ1) is 16.9. The van der Waals surface area contributed by atoms with Gasteiger partial charge < -0.3 is 16.0 Å². The zero-order chi connectivity index (χ0) is 14.8. The van der Waals surface area contributed by atoms with Gasteiger partial charge in [-0.25, -0.2) is 4.79 Å². The van der Waals surface area contributed by atoms with Crippen LogP contribution >= 0.6 is 11.8 Å². The van der Waals surface area contributed by atoms with E-state index in [0.717, 1.165) is 24.4 Å². The van der Waals surface area contributed by atoms with Gasteiger partial charge in [0.05, 0.1) is 0 Å². The molecule has 0 saturated heterocycles. The van der Waals surface area contributed by atoms with E-state index in [2.05, 4.69) is 35.9 Å². The molecule has 2 amide bonds. The molecular formula is C15H25N3OS. The summed E-state index contributed by atoms with van der Waals surface area (Å²) in [6, 6.07) is 8.11. The Labute approximate surface area is 126 Å². The minimum absolute atomic E-state index is 0.148. The molecule has 3 N–H and O–H groups in total. The van der Waals surface area contributed by atoms with Crippen molar-refractivity contribution in [2.24, 2.45) is 0 Å². The van der Waals surface area contributed by atoms with Crippen LogP contribution in [0.1, 0.15) is 31.9 Å². The normalized spacial score (nSPS) is 11.9. The summed E-state index contributed by atoms with van der Waals surface area (Å²) in [5, 5.41) is 9.13. The SMILES string of the molecule is CCCNC(C)c1cccc(NC(=O)NCCSC)c1. The van der Waals surface area contributed by atoms with Gasteiger partial charge >= 0.3 is 6.03 Å². The molecule has 0 aliphatic heterocycles. The van der Waals surface area contributed by atoms with Gasteiger partial charge in [-0.2, -0.15) is 11.8 Å². The number of anilines is 1. The van der Waals surface area contributed by atoms with Crippen LogP contribution in [0.25, 0.3) is 0 Å². The van der Waals surface area contributed by atoms with Crippen LogP contribution in [0.5, 0.6) is 0 Å². The average molecular weight is 295 g/mol. The Bertz CT molecular complexity index is 412. The van der Waals surface area contributed by atoms with Crippen LogP contribution in [0.2, 0.25) is 0 Å². The van der Waals surface area contributed by atoms with Crippen LogP contribution in [-0.4, -0.2) is 31.1 Å². The molecule has 1 aromatic rings. The fraction of sp³-hybridized carbons (Fsp3) is 0.533. The van der Waals surface area contributed by atoms with Crippen LogP contribution in [0.4, 0.5) is 10.5 Å². The third kappa shape index (κ3) is 6.30. The molecule has 0 radical (unpaired) electrons. The number of hydrogen-bond donors (Lipinski definition) is 3. The summed E-state index contributed by atoms with van der Waals surface area (Å²) >= 11 is 1.71. The Hall–Kier alpha value is -1.20. The van der Waals surface area contributed by atoms with Crippen molar-refractivity contribution in [3.05, 3.63) is 29.8 Å². The number of carbonyl (C=O) groups excluding carboxylic acids is 1. The summed E-state index contributed by atoms with van der Waals surface area (Å²) in [4.78, 5) is 11.7. The minimum atomic E-state index is -0.148. The van der Waals surface area contributed by atoms with Crippen molar-refractivity contribution in [1.29, 1.82) is 0 Å². The van der Waals surface area contributed by atoms with Gasteiger partial charge in [0.2, 0.25) is 0 Å². The smallest absolute Gasteiger partial charge is 0.319 e. The number of hydrogen-bond acceptors (Lipinski definition) is 3. The van der Waals surface area contributed by atoms with E-state index in [4.69, 9.17) is 0 Å². The van der Waals surface area contributed by atoms with Crippen LogP contribution in [0, 0.1) is 0 Å². The van der Waals surface area contributed by atoms with Gasteiger partial charge in [0.25, 0.3) is 0 Å². The molecule has 5 heteroatoms. The van der Waals surface area contributed by atoms with E-state index in [0.29, 0.717) is 6.54 Å². The van der Waals surface area contributed by atoms with E-state index in [9.17, 15) is 4.79 Å². The predicted octanol–water partition coefficient (Wildman–Crippen LogP) is 3.23. The highest BCUT2D eigenvalue weighted by molar-refractivity contribution is 7.98. The second-order valence-corrected chi connectivity index (χ2v) is 5.66. The molecule has 0 spiro atoms. The Morgan fingerprint density at radius 1 is 1.35 bits per heavy atom. The maximum Gasteiger partial charge on any atom is 0.319 e. The van der Waals surface area contributed by atoms with Crippen LogP contribution in [-0.2, 0) is 0 Å². The first-order chi connectivity index (χ1) is 9.67. The zero-order valence-corrected chi connectivity index (χ0v) is 13.3. The number of urea groups is 1. The Morgan fingerprint density at radius 3 is 2.85 bits per heavy atom. The molecule has 0 saturated carbocycles. The van der Waals surface area contributed by atoms with Crippen molar-refractivity contribution in [1.82, 2.24) is 10.6 Å². The van der Waals surface area contributed by atoms with Gasteiger partial charge in [-0.15, -0.1) is 0 Å². The number of benzene rings is 1. The third-order valence-electron chi connectivity index (χ3n) is 2.94. The molecule has 0 fully saturated rings. The molecule has 112 valence electrons. The monoisotopic (exact) mass is 295 g/mol. The van der Waals surface area contributed by atoms with Gasteiger partial charge in [0.15, 0.2) is 0 Å². The Kier molecular flexibility index (Phi) is 8.14. The van der Waals surface area contributed by atoms with E-state index in [1.54, 1.807) is 11.8 Å². The lowest BCUT2D eigenvalue weighted by Crippen LogP contribution is -2.30. The van der Waals surface area contributed by atoms with Gasteiger partial charge in [-0.1, -0.05) is 19.1 Å². The van der Waals surface area contributed by atoms with E-state index in [1.165, 1.54) is 5.56 Å².